The van der Waals surface area contributed by atoms with Gasteiger partial charge >= 0.3 is 5.97 Å². The van der Waals surface area contributed by atoms with Crippen LogP contribution in [0.1, 0.15) is 142 Å². The highest BCUT2D eigenvalue weighted by molar-refractivity contribution is 5.69. The highest BCUT2D eigenvalue weighted by Crippen LogP contribution is 2.10. The normalized spacial score (nSPS) is 13.6. The molecule has 0 saturated carbocycles. The highest BCUT2D eigenvalue weighted by atomic mass is 16.6. The molecule has 0 heterocycles. The van der Waals surface area contributed by atoms with Crippen LogP contribution in [0, 0.1) is 0 Å². The minimum absolute atomic E-state index is 0.207. The van der Waals surface area contributed by atoms with Crippen molar-refractivity contribution in [2.75, 3.05) is 19.8 Å². The van der Waals surface area contributed by atoms with Crippen LogP contribution in [0.15, 0.2) is 109 Å². The Morgan fingerprint density at radius 2 is 0.857 bits per heavy atom. The SMILES string of the molecule is CC/C=C\C/C=C\C/C=C\C/C=C\C/C=C\CCCC(=O)OC(CO)COCCCCCCCCC/C=C\C/C=C\C/C=C\C/C=C\CC. The molecule has 1 atom stereocenters. The van der Waals surface area contributed by atoms with Gasteiger partial charge in [-0.25, -0.2) is 0 Å². The molecule has 0 aliphatic rings. The number of aliphatic hydroxyl groups is 1. The van der Waals surface area contributed by atoms with Crippen molar-refractivity contribution in [2.24, 2.45) is 0 Å². The van der Waals surface area contributed by atoms with Gasteiger partial charge in [0.2, 0.25) is 0 Å². The Kier molecular flexibility index (Phi) is 38.7. The van der Waals surface area contributed by atoms with E-state index in [1.54, 1.807) is 0 Å². The maximum absolute atomic E-state index is 12.1. The van der Waals surface area contributed by atoms with E-state index >= 15 is 0 Å². The minimum Gasteiger partial charge on any atom is -0.457 e. The van der Waals surface area contributed by atoms with Crippen LogP contribution in [0.3, 0.4) is 0 Å². The fourth-order valence-electron chi connectivity index (χ4n) is 4.76. The number of rotatable bonds is 34. The molecule has 0 aliphatic heterocycles. The lowest BCUT2D eigenvalue weighted by atomic mass is 10.1. The number of carbonyl (C=O) groups excluding carboxylic acids is 1. The summed E-state index contributed by atoms with van der Waals surface area (Å²) < 4.78 is 11.1. The van der Waals surface area contributed by atoms with Crippen LogP contribution in [0.4, 0.5) is 0 Å². The first-order valence-corrected chi connectivity index (χ1v) is 19.5. The Morgan fingerprint density at radius 3 is 1.29 bits per heavy atom. The number of aliphatic hydroxyl groups excluding tert-OH is 1. The van der Waals surface area contributed by atoms with Crippen molar-refractivity contribution in [3.05, 3.63) is 109 Å². The number of hydrogen-bond acceptors (Lipinski definition) is 4. The van der Waals surface area contributed by atoms with E-state index in [1.165, 1.54) is 38.5 Å². The van der Waals surface area contributed by atoms with E-state index < -0.39 is 6.10 Å². The van der Waals surface area contributed by atoms with Crippen LogP contribution in [-0.2, 0) is 14.3 Å². The molecular weight excluding hydrogens is 604 g/mol. The van der Waals surface area contributed by atoms with Crippen LogP contribution in [0.5, 0.6) is 0 Å². The van der Waals surface area contributed by atoms with Crippen LogP contribution in [0.2, 0.25) is 0 Å². The fourth-order valence-corrected chi connectivity index (χ4v) is 4.76. The Morgan fingerprint density at radius 1 is 0.490 bits per heavy atom. The lowest BCUT2D eigenvalue weighted by Crippen LogP contribution is -2.27. The van der Waals surface area contributed by atoms with E-state index in [0.717, 1.165) is 83.5 Å². The minimum atomic E-state index is -0.577. The lowest BCUT2D eigenvalue weighted by molar-refractivity contribution is -0.154. The van der Waals surface area contributed by atoms with Crippen LogP contribution < -0.4 is 0 Å². The zero-order valence-electron chi connectivity index (χ0n) is 31.4. The summed E-state index contributed by atoms with van der Waals surface area (Å²) in [6.45, 7) is 5.01. The first kappa shape index (κ1) is 46.1. The van der Waals surface area contributed by atoms with Crippen LogP contribution in [0.25, 0.3) is 0 Å². The second kappa shape index (κ2) is 41.2. The van der Waals surface area contributed by atoms with Crippen LogP contribution >= 0.6 is 0 Å². The molecule has 0 aromatic rings. The summed E-state index contributed by atoms with van der Waals surface area (Å²) in [5, 5.41) is 9.57. The van der Waals surface area contributed by atoms with Crippen molar-refractivity contribution < 1.29 is 19.4 Å². The Labute approximate surface area is 302 Å². The molecule has 276 valence electrons. The molecule has 0 aromatic carbocycles. The monoisotopic (exact) mass is 677 g/mol. The van der Waals surface area contributed by atoms with Crippen molar-refractivity contribution in [1.82, 2.24) is 0 Å². The predicted octanol–water partition coefficient (Wildman–Crippen LogP) is 12.8. The maximum Gasteiger partial charge on any atom is 0.306 e. The van der Waals surface area contributed by atoms with Gasteiger partial charge in [0, 0.05) is 13.0 Å². The van der Waals surface area contributed by atoms with E-state index in [4.69, 9.17) is 9.47 Å². The van der Waals surface area contributed by atoms with Gasteiger partial charge in [0.25, 0.3) is 0 Å². The van der Waals surface area contributed by atoms with Crippen molar-refractivity contribution in [2.45, 2.75) is 148 Å². The summed E-state index contributed by atoms with van der Waals surface area (Å²) in [5.74, 6) is -0.267. The quantitative estimate of drug-likeness (QED) is 0.0419. The second-order valence-electron chi connectivity index (χ2n) is 12.2. The summed E-state index contributed by atoms with van der Waals surface area (Å²) in [6, 6.07) is 0. The standard InChI is InChI=1S/C45H72O4/c1-3-5-7-9-11-13-15-17-19-21-22-23-25-27-29-31-33-35-37-39-41-48-43-44(42-46)49-45(47)40-38-36-34-32-30-28-26-24-20-18-16-14-12-10-8-6-4-2/h5-8,11-14,17-20,22-23,26,28,32,34,44,46H,3-4,9-10,15-16,21,24-25,27,29-31,33,35-43H2,1-2H3/b7-5-,8-6-,13-11-,14-12-,19-17-,20-18-,23-22-,28-26-,34-32-. The number of hydrogen-bond donors (Lipinski definition) is 1. The van der Waals surface area contributed by atoms with Gasteiger partial charge in [0.1, 0.15) is 6.10 Å². The molecule has 0 aromatic heterocycles. The van der Waals surface area contributed by atoms with Gasteiger partial charge in [-0.2, -0.15) is 0 Å². The molecule has 0 rings (SSSR count). The predicted molar refractivity (Wildman–Crippen MR) is 214 cm³/mol. The molecule has 0 amide bonds. The smallest absolute Gasteiger partial charge is 0.306 e. The molecule has 4 heteroatoms. The zero-order chi connectivity index (χ0) is 35.6. The van der Waals surface area contributed by atoms with Gasteiger partial charge in [-0.3, -0.25) is 4.79 Å². The van der Waals surface area contributed by atoms with Gasteiger partial charge in [-0.15, -0.1) is 0 Å². The molecule has 49 heavy (non-hydrogen) atoms. The molecule has 0 bridgehead atoms. The van der Waals surface area contributed by atoms with E-state index in [1.807, 2.05) is 0 Å². The van der Waals surface area contributed by atoms with Gasteiger partial charge in [0.05, 0.1) is 13.2 Å². The number of allylic oxidation sites excluding steroid dienone is 18. The Hall–Kier alpha value is -2.95. The topological polar surface area (TPSA) is 55.8 Å². The van der Waals surface area contributed by atoms with Crippen molar-refractivity contribution in [1.29, 1.82) is 0 Å². The van der Waals surface area contributed by atoms with Gasteiger partial charge in [0.15, 0.2) is 0 Å². The van der Waals surface area contributed by atoms with E-state index in [9.17, 15) is 9.90 Å². The maximum atomic E-state index is 12.1. The molecule has 1 unspecified atom stereocenters. The highest BCUT2D eigenvalue weighted by Gasteiger charge is 2.13. The van der Waals surface area contributed by atoms with Gasteiger partial charge < -0.3 is 14.6 Å². The van der Waals surface area contributed by atoms with E-state index in [2.05, 4.69) is 123 Å². The Balaban J connectivity index is 3.61. The van der Waals surface area contributed by atoms with E-state index in [-0.39, 0.29) is 19.2 Å². The second-order valence-corrected chi connectivity index (χ2v) is 12.2. The third kappa shape index (κ3) is 39.4. The largest absolute Gasteiger partial charge is 0.457 e. The number of esters is 1. The lowest BCUT2D eigenvalue weighted by Gasteiger charge is -2.15. The van der Waals surface area contributed by atoms with Crippen LogP contribution in [-0.4, -0.2) is 37.0 Å². The van der Waals surface area contributed by atoms with Gasteiger partial charge in [-0.1, -0.05) is 155 Å². The molecule has 0 aliphatic carbocycles. The first-order valence-electron chi connectivity index (χ1n) is 19.5. The molecular formula is C45H72O4. The fraction of sp³-hybridized carbons (Fsp3) is 0.578. The third-order valence-corrected chi connectivity index (χ3v) is 7.59. The number of unbranched alkanes of at least 4 members (excludes halogenated alkanes) is 8. The number of carbonyl (C=O) groups is 1. The zero-order valence-corrected chi connectivity index (χ0v) is 31.4. The third-order valence-electron chi connectivity index (χ3n) is 7.59. The van der Waals surface area contributed by atoms with E-state index in [0.29, 0.717) is 13.0 Å². The molecule has 0 saturated heterocycles. The number of ether oxygens (including phenoxy) is 2. The summed E-state index contributed by atoms with van der Waals surface area (Å²) in [7, 11) is 0. The summed E-state index contributed by atoms with van der Waals surface area (Å²) in [4.78, 5) is 12.1. The average molecular weight is 677 g/mol. The van der Waals surface area contributed by atoms with Crippen molar-refractivity contribution >= 4 is 5.97 Å². The summed E-state index contributed by atoms with van der Waals surface area (Å²) >= 11 is 0. The van der Waals surface area contributed by atoms with Gasteiger partial charge in [-0.05, 0) is 89.9 Å². The molecule has 0 fully saturated rings. The summed E-state index contributed by atoms with van der Waals surface area (Å²) in [5.41, 5.74) is 0. The molecule has 0 spiro atoms. The molecule has 1 N–H and O–H groups in total. The van der Waals surface area contributed by atoms with Crippen molar-refractivity contribution in [3.63, 3.8) is 0 Å². The van der Waals surface area contributed by atoms with Crippen molar-refractivity contribution in [3.8, 4) is 0 Å². The first-order chi connectivity index (χ1) is 24.2. The Bertz CT molecular complexity index is 976. The average Bonchev–Trinajstić information content (AvgIpc) is 3.11. The summed E-state index contributed by atoms with van der Waals surface area (Å²) in [6.07, 6.45) is 60.0. The molecule has 4 nitrogen and oxygen atoms in total. The molecule has 0 radical (unpaired) electrons.